The third-order valence-electron chi connectivity index (χ3n) is 5.62. The molecule has 1 N–H and O–H groups in total. The first-order valence-corrected chi connectivity index (χ1v) is 11.4. The van der Waals surface area contributed by atoms with E-state index in [0.29, 0.717) is 43.4 Å². The number of thiophene rings is 1. The molecule has 0 saturated carbocycles. The molecule has 2 aliphatic rings. The molecule has 0 spiro atoms. The van der Waals surface area contributed by atoms with Gasteiger partial charge in [-0.15, -0.1) is 11.3 Å². The van der Waals surface area contributed by atoms with Crippen molar-refractivity contribution in [2.75, 3.05) is 39.3 Å². The summed E-state index contributed by atoms with van der Waals surface area (Å²) < 4.78 is 0. The maximum atomic E-state index is 13.3. The molecule has 0 aliphatic carbocycles. The summed E-state index contributed by atoms with van der Waals surface area (Å²) in [5.74, 6) is 0.205. The van der Waals surface area contributed by atoms with Crippen LogP contribution in [-0.4, -0.2) is 83.8 Å². The van der Waals surface area contributed by atoms with Gasteiger partial charge in [-0.25, -0.2) is 0 Å². The number of nitrogens with one attached hydrogen (secondary N) is 1. The van der Waals surface area contributed by atoms with E-state index in [1.54, 1.807) is 4.90 Å². The van der Waals surface area contributed by atoms with Crippen molar-refractivity contribution in [3.8, 4) is 0 Å². The zero-order chi connectivity index (χ0) is 21.0. The summed E-state index contributed by atoms with van der Waals surface area (Å²) in [6.07, 6.45) is 1.42. The molecule has 0 bridgehead atoms. The van der Waals surface area contributed by atoms with E-state index < -0.39 is 6.04 Å². The maximum Gasteiger partial charge on any atom is 0.264 e. The second-order valence-electron chi connectivity index (χ2n) is 8.33. The number of nitrogens with zero attached hydrogens (tertiary/aromatic N) is 3. The van der Waals surface area contributed by atoms with E-state index in [2.05, 4.69) is 19.2 Å². The minimum absolute atomic E-state index is 0.00530. The van der Waals surface area contributed by atoms with Crippen LogP contribution in [0.5, 0.6) is 0 Å². The van der Waals surface area contributed by atoms with Gasteiger partial charge in [0, 0.05) is 39.6 Å². The zero-order valence-electron chi connectivity index (χ0n) is 17.6. The highest BCUT2D eigenvalue weighted by Gasteiger charge is 2.43. The summed E-state index contributed by atoms with van der Waals surface area (Å²) in [5, 5.41) is 5.21. The van der Waals surface area contributed by atoms with E-state index in [1.165, 1.54) is 18.3 Å². The molecular weight excluding hydrogens is 388 g/mol. The molecular formula is C21H32N4O3S. The van der Waals surface area contributed by atoms with Crippen molar-refractivity contribution in [1.29, 1.82) is 0 Å². The molecule has 3 amide bonds. The Morgan fingerprint density at radius 1 is 1.28 bits per heavy atom. The van der Waals surface area contributed by atoms with E-state index >= 15 is 0 Å². The van der Waals surface area contributed by atoms with Gasteiger partial charge in [0.2, 0.25) is 11.8 Å². The number of carbonyl (C=O) groups excluding carboxylic acids is 3. The molecule has 3 rings (SSSR count). The van der Waals surface area contributed by atoms with Crippen LogP contribution in [0.25, 0.3) is 0 Å². The molecule has 2 aliphatic heterocycles. The molecule has 160 valence electrons. The van der Waals surface area contributed by atoms with Gasteiger partial charge in [-0.1, -0.05) is 19.9 Å². The molecule has 1 aromatic heterocycles. The van der Waals surface area contributed by atoms with Crippen LogP contribution in [0, 0.1) is 5.92 Å². The van der Waals surface area contributed by atoms with Gasteiger partial charge in [-0.05, 0) is 36.8 Å². The van der Waals surface area contributed by atoms with Crippen LogP contribution < -0.4 is 5.32 Å². The summed E-state index contributed by atoms with van der Waals surface area (Å²) in [6.45, 7) is 9.77. The summed E-state index contributed by atoms with van der Waals surface area (Å²) >= 11 is 1.43. The molecule has 0 aromatic carbocycles. The predicted molar refractivity (Wildman–Crippen MR) is 114 cm³/mol. The van der Waals surface area contributed by atoms with Crippen LogP contribution in [-0.2, 0) is 9.59 Å². The Labute approximate surface area is 177 Å². The van der Waals surface area contributed by atoms with Crippen molar-refractivity contribution in [2.45, 2.75) is 45.7 Å². The molecule has 2 unspecified atom stereocenters. The molecule has 2 fully saturated rings. The van der Waals surface area contributed by atoms with Gasteiger partial charge < -0.3 is 20.0 Å². The molecule has 2 saturated heterocycles. The van der Waals surface area contributed by atoms with Gasteiger partial charge in [0.05, 0.1) is 10.9 Å². The number of carbonyl (C=O) groups is 3. The fraction of sp³-hybridized carbons (Fsp3) is 0.667. The first-order chi connectivity index (χ1) is 13.9. The standard InChI is InChI=1S/C21H32N4O3S/c1-15(2)13-25(21(28)19-6-4-11-29-19)17-12-18(24(14-17)16(3)26)20(27)23-9-5-7-22-8-10-23/h4,6,11,15,17-18,22H,5,7-10,12-14H2,1-3H3. The highest BCUT2D eigenvalue weighted by atomic mass is 32.1. The minimum atomic E-state index is -0.485. The van der Waals surface area contributed by atoms with E-state index in [-0.39, 0.29) is 23.8 Å². The van der Waals surface area contributed by atoms with Gasteiger partial charge in [0.15, 0.2) is 0 Å². The Morgan fingerprint density at radius 2 is 2.07 bits per heavy atom. The fourth-order valence-electron chi connectivity index (χ4n) is 4.23. The normalized spacial score (nSPS) is 22.6. The number of hydrogen-bond acceptors (Lipinski definition) is 5. The minimum Gasteiger partial charge on any atom is -0.340 e. The Kier molecular flexibility index (Phi) is 7.29. The SMILES string of the molecule is CC(=O)N1CC(N(CC(C)C)C(=O)c2cccs2)CC1C(=O)N1CCCNCC1. The molecule has 29 heavy (non-hydrogen) atoms. The largest absolute Gasteiger partial charge is 0.340 e. The van der Waals surface area contributed by atoms with Crippen LogP contribution >= 0.6 is 11.3 Å². The van der Waals surface area contributed by atoms with Crippen LogP contribution in [0.1, 0.15) is 43.3 Å². The van der Waals surface area contributed by atoms with Crippen molar-refractivity contribution in [3.05, 3.63) is 22.4 Å². The first kappa shape index (κ1) is 21.8. The summed E-state index contributed by atoms with van der Waals surface area (Å²) in [6, 6.07) is 3.09. The van der Waals surface area contributed by atoms with Crippen molar-refractivity contribution in [2.24, 2.45) is 5.92 Å². The quantitative estimate of drug-likeness (QED) is 0.786. The van der Waals surface area contributed by atoms with Crippen LogP contribution in [0.2, 0.25) is 0 Å². The maximum absolute atomic E-state index is 13.3. The Balaban J connectivity index is 1.80. The third-order valence-corrected chi connectivity index (χ3v) is 6.47. The summed E-state index contributed by atoms with van der Waals surface area (Å²) in [5.41, 5.74) is 0. The molecule has 2 atom stereocenters. The van der Waals surface area contributed by atoms with Crippen LogP contribution in [0.4, 0.5) is 0 Å². The fourth-order valence-corrected chi connectivity index (χ4v) is 4.91. The number of hydrogen-bond donors (Lipinski definition) is 1. The van der Waals surface area contributed by atoms with Gasteiger partial charge in [0.25, 0.3) is 5.91 Å². The van der Waals surface area contributed by atoms with Gasteiger partial charge in [0.1, 0.15) is 6.04 Å². The lowest BCUT2D eigenvalue weighted by Crippen LogP contribution is -2.48. The smallest absolute Gasteiger partial charge is 0.264 e. The lowest BCUT2D eigenvalue weighted by Gasteiger charge is -2.30. The predicted octanol–water partition coefficient (Wildman–Crippen LogP) is 1.66. The van der Waals surface area contributed by atoms with Crippen LogP contribution in [0.15, 0.2) is 17.5 Å². The Morgan fingerprint density at radius 3 is 2.72 bits per heavy atom. The average molecular weight is 421 g/mol. The number of rotatable bonds is 5. The van der Waals surface area contributed by atoms with E-state index in [0.717, 1.165) is 19.5 Å². The Bertz CT molecular complexity index is 714. The molecule has 8 heteroatoms. The molecule has 0 radical (unpaired) electrons. The van der Waals surface area contributed by atoms with Gasteiger partial charge in [-0.3, -0.25) is 14.4 Å². The van der Waals surface area contributed by atoms with Crippen LogP contribution in [0.3, 0.4) is 0 Å². The zero-order valence-corrected chi connectivity index (χ0v) is 18.4. The highest BCUT2D eigenvalue weighted by Crippen LogP contribution is 2.27. The van der Waals surface area contributed by atoms with Crippen molar-refractivity contribution < 1.29 is 14.4 Å². The van der Waals surface area contributed by atoms with E-state index in [4.69, 9.17) is 0 Å². The third kappa shape index (κ3) is 5.17. The van der Waals surface area contributed by atoms with Crippen molar-refractivity contribution in [3.63, 3.8) is 0 Å². The second-order valence-corrected chi connectivity index (χ2v) is 9.28. The van der Waals surface area contributed by atoms with Crippen molar-refractivity contribution in [1.82, 2.24) is 20.0 Å². The van der Waals surface area contributed by atoms with Crippen molar-refractivity contribution >= 4 is 29.1 Å². The summed E-state index contributed by atoms with van der Waals surface area (Å²) in [7, 11) is 0. The van der Waals surface area contributed by atoms with Gasteiger partial charge >= 0.3 is 0 Å². The Hall–Kier alpha value is -1.93. The summed E-state index contributed by atoms with van der Waals surface area (Å²) in [4.78, 5) is 44.9. The number of amides is 3. The van der Waals surface area contributed by atoms with E-state index in [9.17, 15) is 14.4 Å². The monoisotopic (exact) mass is 420 g/mol. The molecule has 7 nitrogen and oxygen atoms in total. The lowest BCUT2D eigenvalue weighted by atomic mass is 10.1. The number of likely N-dealkylation sites (tertiary alicyclic amines) is 1. The van der Waals surface area contributed by atoms with E-state index in [1.807, 2.05) is 27.3 Å². The van der Waals surface area contributed by atoms with Gasteiger partial charge in [-0.2, -0.15) is 0 Å². The highest BCUT2D eigenvalue weighted by molar-refractivity contribution is 7.12. The topological polar surface area (TPSA) is 73.0 Å². The molecule has 3 heterocycles. The first-order valence-electron chi connectivity index (χ1n) is 10.5. The molecule has 1 aromatic rings. The lowest BCUT2D eigenvalue weighted by molar-refractivity contribution is -0.142. The second kappa shape index (κ2) is 9.71. The average Bonchev–Trinajstić information content (AvgIpc) is 3.29.